The van der Waals surface area contributed by atoms with Crippen LogP contribution in [0.15, 0.2) is 65.7 Å². The zero-order valence-electron chi connectivity index (χ0n) is 18.5. The number of benzene rings is 2. The van der Waals surface area contributed by atoms with E-state index in [4.69, 9.17) is 0 Å². The molecule has 0 unspecified atom stereocenters. The third kappa shape index (κ3) is 4.93. The van der Waals surface area contributed by atoms with Crippen LogP contribution in [0.2, 0.25) is 0 Å². The molecule has 1 fully saturated rings. The van der Waals surface area contributed by atoms with Crippen molar-refractivity contribution in [2.45, 2.75) is 18.7 Å². The molecular formula is C24H26N4O4S. The second kappa shape index (κ2) is 9.11. The molecule has 172 valence electrons. The number of anilines is 3. The summed E-state index contributed by atoms with van der Waals surface area (Å²) in [7, 11) is -3.85. The van der Waals surface area contributed by atoms with Gasteiger partial charge in [0.15, 0.2) is 0 Å². The van der Waals surface area contributed by atoms with E-state index in [1.54, 1.807) is 37.4 Å². The smallest absolute Gasteiger partial charge is 0.337 e. The van der Waals surface area contributed by atoms with E-state index < -0.39 is 16.0 Å². The second-order valence-electron chi connectivity index (χ2n) is 8.07. The number of pyridine rings is 1. The van der Waals surface area contributed by atoms with Crippen LogP contribution in [0.1, 0.15) is 21.5 Å². The molecule has 4 rings (SSSR count). The monoisotopic (exact) mass is 466 g/mol. The number of aromatic nitrogens is 1. The lowest BCUT2D eigenvalue weighted by atomic mass is 10.1. The summed E-state index contributed by atoms with van der Waals surface area (Å²) in [4.78, 5) is 20.7. The molecule has 0 aliphatic carbocycles. The Morgan fingerprint density at radius 1 is 0.970 bits per heavy atom. The SMILES string of the molecule is Cc1ccc(C)c(S(=O)(=O)Nc2ccc(N3CCN(c4ccccn4)CC3)c(C(=O)O)c2)c1. The number of hydrogen-bond acceptors (Lipinski definition) is 6. The molecule has 2 aromatic carbocycles. The second-order valence-corrected chi connectivity index (χ2v) is 9.72. The number of nitrogens with one attached hydrogen (secondary N) is 1. The van der Waals surface area contributed by atoms with Crippen molar-refractivity contribution in [3.63, 3.8) is 0 Å². The van der Waals surface area contributed by atoms with E-state index >= 15 is 0 Å². The third-order valence-corrected chi connectivity index (χ3v) is 7.23. The van der Waals surface area contributed by atoms with Gasteiger partial charge >= 0.3 is 5.97 Å². The number of piperazine rings is 1. The minimum atomic E-state index is -3.85. The van der Waals surface area contributed by atoms with Gasteiger partial charge in [0.25, 0.3) is 10.0 Å². The van der Waals surface area contributed by atoms with E-state index in [-0.39, 0.29) is 16.1 Å². The van der Waals surface area contributed by atoms with Gasteiger partial charge in [0.05, 0.1) is 16.1 Å². The molecule has 0 bridgehead atoms. The predicted octanol–water partition coefficient (Wildman–Crippen LogP) is 3.52. The predicted molar refractivity (Wildman–Crippen MR) is 129 cm³/mol. The fraction of sp³-hybridized carbons (Fsp3) is 0.250. The molecule has 9 heteroatoms. The number of sulfonamides is 1. The van der Waals surface area contributed by atoms with E-state index in [0.717, 1.165) is 11.4 Å². The number of aromatic carboxylic acids is 1. The van der Waals surface area contributed by atoms with Gasteiger partial charge in [-0.05, 0) is 61.4 Å². The van der Waals surface area contributed by atoms with Crippen molar-refractivity contribution in [2.75, 3.05) is 40.7 Å². The molecule has 0 radical (unpaired) electrons. The maximum Gasteiger partial charge on any atom is 0.337 e. The van der Waals surface area contributed by atoms with Gasteiger partial charge in [-0.25, -0.2) is 18.2 Å². The van der Waals surface area contributed by atoms with Crippen molar-refractivity contribution >= 4 is 33.2 Å². The van der Waals surface area contributed by atoms with Crippen LogP contribution in [-0.4, -0.2) is 50.7 Å². The van der Waals surface area contributed by atoms with Gasteiger partial charge in [-0.15, -0.1) is 0 Å². The highest BCUT2D eigenvalue weighted by molar-refractivity contribution is 7.92. The molecule has 1 saturated heterocycles. The van der Waals surface area contributed by atoms with Crippen LogP contribution in [0.25, 0.3) is 0 Å². The van der Waals surface area contributed by atoms with E-state index in [2.05, 4.69) is 14.6 Å². The summed E-state index contributed by atoms with van der Waals surface area (Å²) in [5.74, 6) is -0.211. The number of carbonyl (C=O) groups is 1. The Hall–Kier alpha value is -3.59. The molecule has 2 N–H and O–H groups in total. The zero-order valence-corrected chi connectivity index (χ0v) is 19.3. The maximum absolute atomic E-state index is 12.9. The first-order chi connectivity index (χ1) is 15.7. The summed E-state index contributed by atoms with van der Waals surface area (Å²) >= 11 is 0. The van der Waals surface area contributed by atoms with Crippen molar-refractivity contribution in [3.8, 4) is 0 Å². The lowest BCUT2D eigenvalue weighted by Crippen LogP contribution is -2.47. The Morgan fingerprint density at radius 3 is 2.36 bits per heavy atom. The van der Waals surface area contributed by atoms with Crippen LogP contribution in [0.3, 0.4) is 0 Å². The van der Waals surface area contributed by atoms with Crippen molar-refractivity contribution < 1.29 is 18.3 Å². The quantitative estimate of drug-likeness (QED) is 0.573. The van der Waals surface area contributed by atoms with Crippen molar-refractivity contribution in [2.24, 2.45) is 0 Å². The first kappa shape index (κ1) is 22.6. The molecule has 8 nitrogen and oxygen atoms in total. The fourth-order valence-corrected chi connectivity index (χ4v) is 5.35. The Bertz CT molecular complexity index is 1270. The molecule has 0 atom stereocenters. The van der Waals surface area contributed by atoms with Gasteiger partial charge in [-0.2, -0.15) is 0 Å². The number of carboxylic acid groups (broad SMARTS) is 1. The Morgan fingerprint density at radius 2 is 1.70 bits per heavy atom. The average Bonchev–Trinajstić information content (AvgIpc) is 2.81. The average molecular weight is 467 g/mol. The lowest BCUT2D eigenvalue weighted by molar-refractivity contribution is 0.0697. The third-order valence-electron chi connectivity index (χ3n) is 5.71. The summed E-state index contributed by atoms with van der Waals surface area (Å²) in [6, 6.07) is 15.6. The molecule has 1 aliphatic rings. The van der Waals surface area contributed by atoms with Gasteiger partial charge in [-0.3, -0.25) is 4.72 Å². The highest BCUT2D eigenvalue weighted by Gasteiger charge is 2.24. The van der Waals surface area contributed by atoms with Crippen molar-refractivity contribution in [1.29, 1.82) is 0 Å². The molecule has 3 aromatic rings. The number of aryl methyl sites for hydroxylation is 2. The molecule has 0 spiro atoms. The van der Waals surface area contributed by atoms with Crippen LogP contribution < -0.4 is 14.5 Å². The number of carboxylic acids is 1. The first-order valence-electron chi connectivity index (χ1n) is 10.6. The normalized spacial score (nSPS) is 14.2. The number of rotatable bonds is 6. The Kier molecular flexibility index (Phi) is 6.24. The highest BCUT2D eigenvalue weighted by Crippen LogP contribution is 2.28. The molecule has 0 saturated carbocycles. The molecule has 0 amide bonds. The van der Waals surface area contributed by atoms with E-state index in [1.165, 1.54) is 6.07 Å². The van der Waals surface area contributed by atoms with Gasteiger partial charge in [0, 0.05) is 38.1 Å². The van der Waals surface area contributed by atoms with Crippen molar-refractivity contribution in [3.05, 3.63) is 77.5 Å². The minimum absolute atomic E-state index is 0.0578. The van der Waals surface area contributed by atoms with Crippen LogP contribution in [0.5, 0.6) is 0 Å². The zero-order chi connectivity index (χ0) is 23.6. The number of hydrogen-bond donors (Lipinski definition) is 2. The molecule has 2 heterocycles. The van der Waals surface area contributed by atoms with Crippen LogP contribution in [0, 0.1) is 13.8 Å². The fourth-order valence-electron chi connectivity index (χ4n) is 3.97. The highest BCUT2D eigenvalue weighted by atomic mass is 32.2. The summed E-state index contributed by atoms with van der Waals surface area (Å²) in [5.41, 5.74) is 2.28. The molecule has 33 heavy (non-hydrogen) atoms. The van der Waals surface area contributed by atoms with Gasteiger partial charge in [0.2, 0.25) is 0 Å². The largest absolute Gasteiger partial charge is 0.478 e. The van der Waals surface area contributed by atoms with Crippen LogP contribution in [0.4, 0.5) is 17.2 Å². The standard InChI is InChI=1S/C24H26N4O4S/c1-17-6-7-18(2)22(15-17)33(31,32)26-19-8-9-21(20(16-19)24(29)30)27-11-13-28(14-12-27)23-5-3-4-10-25-23/h3-10,15-16,26H,11-14H2,1-2H3,(H,29,30). The summed E-state index contributed by atoms with van der Waals surface area (Å²) in [6.45, 7) is 6.22. The van der Waals surface area contributed by atoms with Gasteiger partial charge in [0.1, 0.15) is 5.82 Å². The number of nitrogens with zero attached hydrogens (tertiary/aromatic N) is 3. The summed E-state index contributed by atoms with van der Waals surface area (Å²) in [5, 5.41) is 9.82. The topological polar surface area (TPSA) is 103 Å². The van der Waals surface area contributed by atoms with Crippen LogP contribution in [-0.2, 0) is 10.0 Å². The summed E-state index contributed by atoms with van der Waals surface area (Å²) < 4.78 is 28.4. The lowest BCUT2D eigenvalue weighted by Gasteiger charge is -2.37. The van der Waals surface area contributed by atoms with E-state index in [1.807, 2.05) is 36.1 Å². The summed E-state index contributed by atoms with van der Waals surface area (Å²) in [6.07, 6.45) is 1.75. The minimum Gasteiger partial charge on any atom is -0.478 e. The maximum atomic E-state index is 12.9. The van der Waals surface area contributed by atoms with Crippen LogP contribution >= 0.6 is 0 Å². The van der Waals surface area contributed by atoms with E-state index in [0.29, 0.717) is 37.4 Å². The molecular weight excluding hydrogens is 440 g/mol. The molecule has 1 aliphatic heterocycles. The Labute approximate surface area is 193 Å². The molecule has 1 aromatic heterocycles. The first-order valence-corrected chi connectivity index (χ1v) is 12.1. The Balaban J connectivity index is 1.55. The van der Waals surface area contributed by atoms with Gasteiger partial charge in [-0.1, -0.05) is 18.2 Å². The van der Waals surface area contributed by atoms with Crippen molar-refractivity contribution in [1.82, 2.24) is 4.98 Å². The van der Waals surface area contributed by atoms with E-state index in [9.17, 15) is 18.3 Å². The van der Waals surface area contributed by atoms with Gasteiger partial charge < -0.3 is 14.9 Å².